The summed E-state index contributed by atoms with van der Waals surface area (Å²) in [6.45, 7) is 7.43. The van der Waals surface area contributed by atoms with Crippen molar-refractivity contribution in [3.05, 3.63) is 112 Å². The normalized spacial score (nSPS) is 15.8. The second-order valence-corrected chi connectivity index (χ2v) is 11.8. The summed E-state index contributed by atoms with van der Waals surface area (Å²) in [6, 6.07) is 22.7. The first-order chi connectivity index (χ1) is 21.1. The number of aromatic nitrogens is 3. The van der Waals surface area contributed by atoms with E-state index in [2.05, 4.69) is 24.9 Å². The second kappa shape index (κ2) is 11.5. The van der Waals surface area contributed by atoms with Crippen molar-refractivity contribution in [3.63, 3.8) is 0 Å². The van der Waals surface area contributed by atoms with Crippen LogP contribution in [-0.4, -0.2) is 38.8 Å². The number of rotatable bonds is 8. The minimum atomic E-state index is -1.02. The first kappa shape index (κ1) is 29.0. The van der Waals surface area contributed by atoms with E-state index in [-0.39, 0.29) is 35.9 Å². The molecule has 222 valence electrons. The SMILES string of the molecule is Cc1cc(Cc2nc3ccc(C(=O)O)cc3n2[C@@H]2COCC2(C)C)c(F)cc1-c1cccc(OCc2ccc(C#N)cc2)n1. The summed E-state index contributed by atoms with van der Waals surface area (Å²) >= 11 is 0. The number of halogens is 1. The Labute approximate surface area is 254 Å². The van der Waals surface area contributed by atoms with Gasteiger partial charge in [0.15, 0.2) is 0 Å². The molecule has 0 radical (unpaired) electrons. The van der Waals surface area contributed by atoms with Crippen LogP contribution in [0, 0.1) is 29.5 Å². The molecule has 1 aliphatic heterocycles. The second-order valence-electron chi connectivity index (χ2n) is 11.8. The number of pyridine rings is 1. The van der Waals surface area contributed by atoms with Crippen LogP contribution in [0.4, 0.5) is 4.39 Å². The molecule has 3 aromatic carbocycles. The number of hydrogen-bond acceptors (Lipinski definition) is 6. The lowest BCUT2D eigenvalue weighted by molar-refractivity contribution is 0.0697. The van der Waals surface area contributed by atoms with Crippen LogP contribution in [-0.2, 0) is 17.8 Å². The van der Waals surface area contributed by atoms with Crippen LogP contribution < -0.4 is 4.74 Å². The topological polar surface area (TPSA) is 110 Å². The molecule has 1 N–H and O–H groups in total. The average molecular weight is 591 g/mol. The van der Waals surface area contributed by atoms with E-state index in [9.17, 15) is 9.90 Å². The van der Waals surface area contributed by atoms with E-state index in [4.69, 9.17) is 19.7 Å². The predicted octanol–water partition coefficient (Wildman–Crippen LogP) is 6.88. The molecule has 1 atom stereocenters. The molecule has 0 bridgehead atoms. The van der Waals surface area contributed by atoms with Crippen LogP contribution in [0.3, 0.4) is 0 Å². The number of carbonyl (C=O) groups is 1. The van der Waals surface area contributed by atoms with Crippen LogP contribution in [0.15, 0.2) is 72.8 Å². The standard InChI is InChI=1S/C35H31FN4O4/c1-21-13-25(15-32-38-29-12-11-24(34(41)42)14-30(29)40(32)31-19-43-20-35(31,2)3)27(36)16-26(21)28-5-4-6-33(39-28)44-18-23-9-7-22(17-37)8-10-23/h4-14,16,31H,15,18-20H2,1-3H3,(H,41,42)/t31-/m1/s1. The minimum Gasteiger partial charge on any atom is -0.478 e. The number of nitrogens with zero attached hydrogens (tertiary/aromatic N) is 4. The maximum absolute atomic E-state index is 15.8. The Morgan fingerprint density at radius 2 is 1.93 bits per heavy atom. The number of carboxylic acid groups (broad SMARTS) is 1. The summed E-state index contributed by atoms with van der Waals surface area (Å²) in [7, 11) is 0. The summed E-state index contributed by atoms with van der Waals surface area (Å²) in [5.74, 6) is -0.346. The molecule has 1 fully saturated rings. The molecular formula is C35H31FN4O4. The number of imidazole rings is 1. The average Bonchev–Trinajstić information content (AvgIpc) is 3.55. The fourth-order valence-electron chi connectivity index (χ4n) is 5.73. The van der Waals surface area contributed by atoms with E-state index in [1.165, 1.54) is 12.1 Å². The molecule has 6 rings (SSSR count). The van der Waals surface area contributed by atoms with E-state index in [1.807, 2.05) is 41.8 Å². The van der Waals surface area contributed by atoms with Crippen molar-refractivity contribution in [1.29, 1.82) is 5.26 Å². The van der Waals surface area contributed by atoms with E-state index >= 15 is 4.39 Å². The highest BCUT2D eigenvalue weighted by Gasteiger charge is 2.39. The molecule has 8 nitrogen and oxygen atoms in total. The number of ether oxygens (including phenoxy) is 2. The van der Waals surface area contributed by atoms with E-state index in [1.54, 1.807) is 30.3 Å². The Kier molecular flexibility index (Phi) is 7.62. The quantitative estimate of drug-likeness (QED) is 0.210. The number of benzene rings is 3. The fourth-order valence-corrected chi connectivity index (χ4v) is 5.73. The number of nitriles is 1. The Hall–Kier alpha value is -5.07. The maximum Gasteiger partial charge on any atom is 0.335 e. The van der Waals surface area contributed by atoms with Crippen molar-refractivity contribution < 1.29 is 23.8 Å². The van der Waals surface area contributed by atoms with Gasteiger partial charge in [-0.1, -0.05) is 38.1 Å². The van der Waals surface area contributed by atoms with Crippen LogP contribution in [0.25, 0.3) is 22.3 Å². The van der Waals surface area contributed by atoms with Gasteiger partial charge in [0.2, 0.25) is 5.88 Å². The summed E-state index contributed by atoms with van der Waals surface area (Å²) in [5.41, 5.74) is 5.34. The van der Waals surface area contributed by atoms with Crippen molar-refractivity contribution in [1.82, 2.24) is 14.5 Å². The third kappa shape index (κ3) is 5.64. The van der Waals surface area contributed by atoms with Crippen molar-refractivity contribution >= 4 is 17.0 Å². The molecule has 0 saturated carbocycles. The van der Waals surface area contributed by atoms with Gasteiger partial charge in [0.25, 0.3) is 0 Å². The molecule has 1 aliphatic rings. The van der Waals surface area contributed by atoms with Gasteiger partial charge in [-0.2, -0.15) is 5.26 Å². The molecule has 0 amide bonds. The first-order valence-corrected chi connectivity index (χ1v) is 14.3. The molecule has 5 aromatic rings. The molecule has 1 saturated heterocycles. The molecule has 3 heterocycles. The largest absolute Gasteiger partial charge is 0.478 e. The summed E-state index contributed by atoms with van der Waals surface area (Å²) in [5, 5.41) is 18.6. The van der Waals surface area contributed by atoms with Crippen LogP contribution in [0.1, 0.15) is 58.3 Å². The molecule has 2 aromatic heterocycles. The van der Waals surface area contributed by atoms with Gasteiger partial charge in [-0.05, 0) is 66.1 Å². The molecule has 44 heavy (non-hydrogen) atoms. The van der Waals surface area contributed by atoms with Gasteiger partial charge in [0.1, 0.15) is 18.2 Å². The fraction of sp³-hybridized carbons (Fsp3) is 0.257. The Morgan fingerprint density at radius 3 is 2.64 bits per heavy atom. The van der Waals surface area contributed by atoms with Gasteiger partial charge >= 0.3 is 5.97 Å². The molecule has 0 aliphatic carbocycles. The van der Waals surface area contributed by atoms with Crippen LogP contribution in [0.5, 0.6) is 5.88 Å². The van der Waals surface area contributed by atoms with Gasteiger partial charge < -0.3 is 19.1 Å². The van der Waals surface area contributed by atoms with Gasteiger partial charge in [-0.15, -0.1) is 0 Å². The van der Waals surface area contributed by atoms with Crippen LogP contribution >= 0.6 is 0 Å². The van der Waals surface area contributed by atoms with Gasteiger partial charge in [-0.3, -0.25) is 0 Å². The maximum atomic E-state index is 15.8. The summed E-state index contributed by atoms with van der Waals surface area (Å²) in [6.07, 6.45) is 0.220. The monoisotopic (exact) mass is 590 g/mol. The Morgan fingerprint density at radius 1 is 1.14 bits per heavy atom. The predicted molar refractivity (Wildman–Crippen MR) is 163 cm³/mol. The number of carboxylic acids is 1. The molecular weight excluding hydrogens is 559 g/mol. The molecule has 9 heteroatoms. The smallest absolute Gasteiger partial charge is 0.335 e. The van der Waals surface area contributed by atoms with E-state index < -0.39 is 5.97 Å². The molecule has 0 unspecified atom stereocenters. The van der Waals surface area contributed by atoms with Gasteiger partial charge in [0, 0.05) is 23.5 Å². The van der Waals surface area contributed by atoms with Crippen molar-refractivity contribution in [3.8, 4) is 23.2 Å². The van der Waals surface area contributed by atoms with Crippen molar-refractivity contribution in [2.24, 2.45) is 5.41 Å². The minimum absolute atomic E-state index is 0.0915. The van der Waals surface area contributed by atoms with Crippen LogP contribution in [0.2, 0.25) is 0 Å². The molecule has 0 spiro atoms. The summed E-state index contributed by atoms with van der Waals surface area (Å²) < 4.78 is 29.5. The third-order valence-corrected chi connectivity index (χ3v) is 8.18. The lowest BCUT2D eigenvalue weighted by Gasteiger charge is -2.28. The van der Waals surface area contributed by atoms with Gasteiger partial charge in [0.05, 0.1) is 53.2 Å². The van der Waals surface area contributed by atoms with Gasteiger partial charge in [-0.25, -0.2) is 19.2 Å². The number of aromatic carboxylic acids is 1. The zero-order valence-electron chi connectivity index (χ0n) is 24.7. The highest BCUT2D eigenvalue weighted by molar-refractivity contribution is 5.92. The van der Waals surface area contributed by atoms with E-state index in [0.717, 1.165) is 11.1 Å². The van der Waals surface area contributed by atoms with Crippen molar-refractivity contribution in [2.75, 3.05) is 13.2 Å². The summed E-state index contributed by atoms with van der Waals surface area (Å²) in [4.78, 5) is 21.2. The zero-order valence-corrected chi connectivity index (χ0v) is 24.7. The lowest BCUT2D eigenvalue weighted by Crippen LogP contribution is -2.27. The van der Waals surface area contributed by atoms with Crippen molar-refractivity contribution in [2.45, 2.75) is 39.8 Å². The number of aryl methyl sites for hydroxylation is 1. The highest BCUT2D eigenvalue weighted by Crippen LogP contribution is 2.40. The third-order valence-electron chi connectivity index (χ3n) is 8.18. The highest BCUT2D eigenvalue weighted by atomic mass is 19.1. The first-order valence-electron chi connectivity index (χ1n) is 14.3. The number of fused-ring (bicyclic) bond motifs is 1. The van der Waals surface area contributed by atoms with E-state index in [0.29, 0.717) is 58.3 Å². The zero-order chi connectivity index (χ0) is 31.0. The Bertz CT molecular complexity index is 1920. The lowest BCUT2D eigenvalue weighted by atomic mass is 9.87. The Balaban J connectivity index is 1.30. The number of hydrogen-bond donors (Lipinski definition) is 1.